The molecule has 1 unspecified atom stereocenters. The van der Waals surface area contributed by atoms with Crippen LogP contribution >= 0.6 is 0 Å². The Labute approximate surface area is 159 Å². The summed E-state index contributed by atoms with van der Waals surface area (Å²) in [5, 5.41) is 8.44. The van der Waals surface area contributed by atoms with Gasteiger partial charge in [0.1, 0.15) is 5.82 Å². The number of hydrogen-bond acceptors (Lipinski definition) is 5. The third kappa shape index (κ3) is 3.24. The molecule has 4 rings (SSSR count). The second-order valence-electron chi connectivity index (χ2n) is 8.22. The summed E-state index contributed by atoms with van der Waals surface area (Å²) in [5.41, 5.74) is -0.397. The highest BCUT2D eigenvalue weighted by Gasteiger charge is 2.48. The number of ether oxygens (including phenoxy) is 1. The fourth-order valence-electron chi connectivity index (χ4n) is 4.88. The molecule has 1 aromatic rings. The zero-order valence-electron chi connectivity index (χ0n) is 16.3. The number of fused-ring (bicyclic) bond motifs is 1. The maximum atomic E-state index is 13.1. The summed E-state index contributed by atoms with van der Waals surface area (Å²) in [6.45, 7) is 2.62. The quantitative estimate of drug-likeness (QED) is 0.773. The van der Waals surface area contributed by atoms with Gasteiger partial charge in [0, 0.05) is 46.8 Å². The number of piperidine rings is 2. The van der Waals surface area contributed by atoms with Gasteiger partial charge < -0.3 is 19.1 Å². The monoisotopic (exact) mass is 375 g/mol. The van der Waals surface area contributed by atoms with E-state index >= 15 is 0 Å². The van der Waals surface area contributed by atoms with Gasteiger partial charge in [0.15, 0.2) is 0 Å². The number of hydrogen-bond donors (Lipinski definition) is 0. The molecule has 2 amide bonds. The molecule has 1 spiro atoms. The molecule has 2 fully saturated rings. The van der Waals surface area contributed by atoms with Crippen LogP contribution in [0.5, 0.6) is 0 Å². The maximum Gasteiger partial charge on any atom is 0.291 e. The van der Waals surface area contributed by atoms with E-state index in [1.807, 2.05) is 16.5 Å². The van der Waals surface area contributed by atoms with Crippen molar-refractivity contribution in [1.82, 2.24) is 24.6 Å². The molecule has 0 aliphatic carbocycles. The van der Waals surface area contributed by atoms with E-state index in [2.05, 4.69) is 10.2 Å². The van der Waals surface area contributed by atoms with Crippen LogP contribution in [-0.4, -0.2) is 76.3 Å². The third-order valence-electron chi connectivity index (χ3n) is 6.54. The number of rotatable bonds is 2. The smallest absolute Gasteiger partial charge is 0.291 e. The van der Waals surface area contributed by atoms with E-state index in [-0.39, 0.29) is 17.9 Å². The molecule has 8 nitrogen and oxygen atoms in total. The van der Waals surface area contributed by atoms with Crippen molar-refractivity contribution in [3.05, 3.63) is 11.6 Å². The fourth-order valence-corrected chi connectivity index (χ4v) is 4.88. The molecule has 0 N–H and O–H groups in total. The molecule has 1 aromatic heterocycles. The molecule has 8 heteroatoms. The van der Waals surface area contributed by atoms with Crippen molar-refractivity contribution >= 4 is 11.8 Å². The van der Waals surface area contributed by atoms with Crippen molar-refractivity contribution in [2.75, 3.05) is 33.8 Å². The Kier molecular flexibility index (Phi) is 4.92. The Morgan fingerprint density at radius 2 is 1.93 bits per heavy atom. The van der Waals surface area contributed by atoms with Crippen LogP contribution in [0.2, 0.25) is 0 Å². The Hall–Kier alpha value is -1.96. The van der Waals surface area contributed by atoms with Crippen molar-refractivity contribution in [3.8, 4) is 0 Å². The average molecular weight is 375 g/mol. The molecule has 4 heterocycles. The molecule has 27 heavy (non-hydrogen) atoms. The highest BCUT2D eigenvalue weighted by atomic mass is 16.5. The molecule has 148 valence electrons. The van der Waals surface area contributed by atoms with E-state index in [9.17, 15) is 9.59 Å². The van der Waals surface area contributed by atoms with E-state index in [0.29, 0.717) is 38.3 Å². The van der Waals surface area contributed by atoms with Gasteiger partial charge in [0.2, 0.25) is 11.7 Å². The highest BCUT2D eigenvalue weighted by molar-refractivity contribution is 5.91. The number of likely N-dealkylation sites (tertiary alicyclic amines) is 2. The van der Waals surface area contributed by atoms with Gasteiger partial charge in [-0.3, -0.25) is 9.59 Å². The molecule has 0 aromatic carbocycles. The number of aromatic nitrogens is 3. The number of carbonyl (C=O) groups is 2. The van der Waals surface area contributed by atoms with Gasteiger partial charge in [0.05, 0.1) is 11.5 Å². The lowest BCUT2D eigenvalue weighted by Crippen LogP contribution is -2.57. The predicted octanol–water partition coefficient (Wildman–Crippen LogP) is 1.10. The minimum absolute atomic E-state index is 0.0506. The number of aryl methyl sites for hydroxylation is 1. The number of methoxy groups -OCH3 is 1. The van der Waals surface area contributed by atoms with E-state index < -0.39 is 5.41 Å². The van der Waals surface area contributed by atoms with E-state index in [0.717, 1.165) is 38.1 Å². The highest BCUT2D eigenvalue weighted by Crippen LogP contribution is 2.41. The molecule has 3 aliphatic rings. The van der Waals surface area contributed by atoms with Crippen LogP contribution in [0.1, 0.15) is 55.0 Å². The van der Waals surface area contributed by atoms with Crippen molar-refractivity contribution in [2.24, 2.45) is 5.41 Å². The Morgan fingerprint density at radius 3 is 2.67 bits per heavy atom. The second-order valence-corrected chi connectivity index (χ2v) is 8.22. The Balaban J connectivity index is 1.47. The summed E-state index contributed by atoms with van der Waals surface area (Å²) in [6.07, 6.45) is 6.41. The van der Waals surface area contributed by atoms with Crippen molar-refractivity contribution in [2.45, 2.75) is 57.6 Å². The standard InChI is InChI=1S/C19H29N5O3/c1-22-13-14(27-2)12-19(18(22)26)7-10-23(11-8-19)17(25)16-21-20-15-6-4-3-5-9-24(15)16/h14H,3-13H2,1-2H3. The summed E-state index contributed by atoms with van der Waals surface area (Å²) < 4.78 is 7.55. The molecule has 1 atom stereocenters. The van der Waals surface area contributed by atoms with Gasteiger partial charge >= 0.3 is 0 Å². The number of amides is 2. The van der Waals surface area contributed by atoms with Crippen LogP contribution in [0.3, 0.4) is 0 Å². The SMILES string of the molecule is COC1CN(C)C(=O)C2(CCN(C(=O)c3nnc4n3CCCCC4)CC2)C1. The van der Waals surface area contributed by atoms with E-state index in [1.54, 1.807) is 12.0 Å². The summed E-state index contributed by atoms with van der Waals surface area (Å²) in [5.74, 6) is 1.53. The molecule has 0 saturated carbocycles. The summed E-state index contributed by atoms with van der Waals surface area (Å²) in [7, 11) is 3.55. The molecular formula is C19H29N5O3. The zero-order valence-corrected chi connectivity index (χ0v) is 16.3. The number of likely N-dealkylation sites (N-methyl/N-ethyl adjacent to an activating group) is 1. The zero-order chi connectivity index (χ0) is 19.0. The first-order valence-electron chi connectivity index (χ1n) is 10.0. The van der Waals surface area contributed by atoms with Gasteiger partial charge in [-0.15, -0.1) is 10.2 Å². The lowest BCUT2D eigenvalue weighted by atomic mass is 9.71. The van der Waals surface area contributed by atoms with Gasteiger partial charge in [-0.25, -0.2) is 0 Å². The van der Waals surface area contributed by atoms with Gasteiger partial charge in [-0.05, 0) is 32.1 Å². The first-order chi connectivity index (χ1) is 13.0. The van der Waals surface area contributed by atoms with Gasteiger partial charge in [-0.1, -0.05) is 6.42 Å². The van der Waals surface area contributed by atoms with E-state index in [1.165, 1.54) is 6.42 Å². The average Bonchev–Trinajstić information content (AvgIpc) is 2.94. The van der Waals surface area contributed by atoms with Gasteiger partial charge in [0.25, 0.3) is 5.91 Å². The minimum Gasteiger partial charge on any atom is -0.380 e. The largest absolute Gasteiger partial charge is 0.380 e. The van der Waals surface area contributed by atoms with E-state index in [4.69, 9.17) is 4.74 Å². The molecule has 3 aliphatic heterocycles. The predicted molar refractivity (Wildman–Crippen MR) is 98.2 cm³/mol. The number of nitrogens with zero attached hydrogens (tertiary/aromatic N) is 5. The minimum atomic E-state index is -0.397. The van der Waals surface area contributed by atoms with Crippen LogP contribution in [0.4, 0.5) is 0 Å². The van der Waals surface area contributed by atoms with Crippen LogP contribution < -0.4 is 0 Å². The second kappa shape index (κ2) is 7.22. The van der Waals surface area contributed by atoms with Crippen molar-refractivity contribution in [1.29, 1.82) is 0 Å². The third-order valence-corrected chi connectivity index (χ3v) is 6.54. The first kappa shape index (κ1) is 18.4. The molecule has 2 saturated heterocycles. The maximum absolute atomic E-state index is 13.1. The fraction of sp³-hybridized carbons (Fsp3) is 0.789. The van der Waals surface area contributed by atoms with Crippen LogP contribution in [0, 0.1) is 5.41 Å². The van der Waals surface area contributed by atoms with Crippen LogP contribution in [0.25, 0.3) is 0 Å². The summed E-state index contributed by atoms with van der Waals surface area (Å²) in [6, 6.07) is 0. The van der Waals surface area contributed by atoms with Crippen LogP contribution in [-0.2, 0) is 22.5 Å². The topological polar surface area (TPSA) is 80.6 Å². The Morgan fingerprint density at radius 1 is 1.15 bits per heavy atom. The van der Waals surface area contributed by atoms with Crippen LogP contribution in [0.15, 0.2) is 0 Å². The lowest BCUT2D eigenvalue weighted by Gasteiger charge is -2.47. The van der Waals surface area contributed by atoms with Crippen molar-refractivity contribution < 1.29 is 14.3 Å². The molecule has 0 bridgehead atoms. The normalized spacial score (nSPS) is 25.4. The summed E-state index contributed by atoms with van der Waals surface area (Å²) in [4.78, 5) is 29.5. The summed E-state index contributed by atoms with van der Waals surface area (Å²) >= 11 is 0. The van der Waals surface area contributed by atoms with Gasteiger partial charge in [-0.2, -0.15) is 0 Å². The lowest BCUT2D eigenvalue weighted by molar-refractivity contribution is -0.155. The number of carbonyl (C=O) groups excluding carboxylic acids is 2. The molecule has 0 radical (unpaired) electrons. The molecular weight excluding hydrogens is 346 g/mol. The van der Waals surface area contributed by atoms with Crippen molar-refractivity contribution in [3.63, 3.8) is 0 Å². The Bertz CT molecular complexity index is 723. The first-order valence-corrected chi connectivity index (χ1v) is 10.0.